The van der Waals surface area contributed by atoms with E-state index in [1.807, 2.05) is 43.4 Å². The fraction of sp³-hybridized carbons (Fsp3) is 0.471. The number of carbonyl (C=O) groups is 1. The molecule has 1 aliphatic heterocycles. The van der Waals surface area contributed by atoms with Crippen molar-refractivity contribution < 1.29 is 4.79 Å². The van der Waals surface area contributed by atoms with E-state index in [2.05, 4.69) is 20.7 Å². The molecule has 0 aliphatic carbocycles. The number of aromatic nitrogens is 3. The molecule has 0 saturated carbocycles. The molecule has 3 rings (SSSR count). The van der Waals surface area contributed by atoms with Crippen molar-refractivity contribution in [2.45, 2.75) is 24.9 Å². The van der Waals surface area contributed by atoms with Crippen LogP contribution in [-0.4, -0.2) is 47.9 Å². The summed E-state index contributed by atoms with van der Waals surface area (Å²) in [6.45, 7) is 2.07. The first-order chi connectivity index (χ1) is 11.6. The lowest BCUT2D eigenvalue weighted by atomic mass is 9.87. The zero-order valence-corrected chi connectivity index (χ0v) is 14.2. The highest BCUT2D eigenvalue weighted by molar-refractivity contribution is 5.84. The number of anilines is 1. The molecular formula is C17H24N6O. The van der Waals surface area contributed by atoms with Gasteiger partial charge in [-0.3, -0.25) is 9.48 Å². The number of amides is 1. The molecule has 7 nitrogen and oxygen atoms in total. The van der Waals surface area contributed by atoms with E-state index in [4.69, 9.17) is 0 Å². The van der Waals surface area contributed by atoms with E-state index >= 15 is 0 Å². The molecule has 128 valence electrons. The Balaban J connectivity index is 1.78. The minimum Gasteiger partial charge on any atom is -0.362 e. The topological polar surface area (TPSA) is 75.1 Å². The number of nitrogens with one attached hydrogen (secondary N) is 2. The van der Waals surface area contributed by atoms with Crippen LogP contribution in [0.5, 0.6) is 0 Å². The molecule has 24 heavy (non-hydrogen) atoms. The van der Waals surface area contributed by atoms with Gasteiger partial charge in [0, 0.05) is 44.8 Å². The Kier molecular flexibility index (Phi) is 4.80. The van der Waals surface area contributed by atoms with E-state index in [9.17, 15) is 4.79 Å². The summed E-state index contributed by atoms with van der Waals surface area (Å²) in [5.41, 5.74) is 0.385. The van der Waals surface area contributed by atoms with Crippen LogP contribution in [0.3, 0.4) is 0 Å². The predicted molar refractivity (Wildman–Crippen MR) is 92.7 cm³/mol. The lowest BCUT2D eigenvalue weighted by Gasteiger charge is -2.36. The Bertz CT molecular complexity index is 676. The molecule has 0 bridgehead atoms. The molecule has 1 saturated heterocycles. The number of hydrogen-bond acceptors (Lipinski definition) is 5. The molecule has 0 radical (unpaired) electrons. The second-order valence-electron chi connectivity index (χ2n) is 6.30. The molecule has 0 aromatic carbocycles. The highest BCUT2D eigenvalue weighted by Crippen LogP contribution is 2.27. The SMILES string of the molecule is CN(C)c1ncccc1CNC(=O)C1(n2cccn2)CCNCC1. The van der Waals surface area contributed by atoms with Crippen molar-refractivity contribution in [1.29, 1.82) is 0 Å². The normalized spacial score (nSPS) is 16.6. The van der Waals surface area contributed by atoms with Crippen molar-refractivity contribution in [1.82, 2.24) is 25.4 Å². The smallest absolute Gasteiger partial charge is 0.248 e. The number of carbonyl (C=O) groups excluding carboxylic acids is 1. The maximum atomic E-state index is 13.0. The van der Waals surface area contributed by atoms with Gasteiger partial charge in [0.2, 0.25) is 5.91 Å². The van der Waals surface area contributed by atoms with Gasteiger partial charge in [-0.05, 0) is 38.1 Å². The van der Waals surface area contributed by atoms with Crippen LogP contribution in [0.1, 0.15) is 18.4 Å². The van der Waals surface area contributed by atoms with Crippen LogP contribution >= 0.6 is 0 Å². The first-order valence-electron chi connectivity index (χ1n) is 8.24. The van der Waals surface area contributed by atoms with Gasteiger partial charge in [0.25, 0.3) is 0 Å². The van der Waals surface area contributed by atoms with Gasteiger partial charge in [-0.15, -0.1) is 0 Å². The average Bonchev–Trinajstić information content (AvgIpc) is 3.15. The van der Waals surface area contributed by atoms with Gasteiger partial charge in [0.15, 0.2) is 0 Å². The molecule has 2 N–H and O–H groups in total. The number of rotatable bonds is 5. The van der Waals surface area contributed by atoms with Crippen molar-refractivity contribution in [2.24, 2.45) is 0 Å². The highest BCUT2D eigenvalue weighted by atomic mass is 16.2. The van der Waals surface area contributed by atoms with Crippen LogP contribution in [0, 0.1) is 0 Å². The summed E-state index contributed by atoms with van der Waals surface area (Å²) in [7, 11) is 3.90. The summed E-state index contributed by atoms with van der Waals surface area (Å²) >= 11 is 0. The summed E-state index contributed by atoms with van der Waals surface area (Å²) in [4.78, 5) is 19.4. The van der Waals surface area contributed by atoms with Gasteiger partial charge in [-0.1, -0.05) is 6.07 Å². The number of pyridine rings is 1. The lowest BCUT2D eigenvalue weighted by molar-refractivity contribution is -0.132. The summed E-state index contributed by atoms with van der Waals surface area (Å²) < 4.78 is 1.80. The summed E-state index contributed by atoms with van der Waals surface area (Å²) in [6, 6.07) is 5.75. The Morgan fingerprint density at radius 2 is 2.12 bits per heavy atom. The zero-order chi connectivity index (χ0) is 17.0. The van der Waals surface area contributed by atoms with Crippen molar-refractivity contribution in [2.75, 3.05) is 32.1 Å². The molecule has 1 fully saturated rings. The van der Waals surface area contributed by atoms with Gasteiger partial charge in [0.1, 0.15) is 11.4 Å². The van der Waals surface area contributed by atoms with E-state index < -0.39 is 5.54 Å². The average molecular weight is 328 g/mol. The van der Waals surface area contributed by atoms with Crippen LogP contribution in [-0.2, 0) is 16.9 Å². The van der Waals surface area contributed by atoms with Gasteiger partial charge >= 0.3 is 0 Å². The molecule has 2 aromatic heterocycles. The summed E-state index contributed by atoms with van der Waals surface area (Å²) in [5, 5.41) is 10.8. The fourth-order valence-corrected chi connectivity index (χ4v) is 3.23. The first-order valence-corrected chi connectivity index (χ1v) is 8.24. The number of piperidine rings is 1. The van der Waals surface area contributed by atoms with E-state index in [-0.39, 0.29) is 5.91 Å². The third-order valence-corrected chi connectivity index (χ3v) is 4.53. The maximum absolute atomic E-state index is 13.0. The summed E-state index contributed by atoms with van der Waals surface area (Å²) in [6.07, 6.45) is 6.82. The molecular weight excluding hydrogens is 304 g/mol. The van der Waals surface area contributed by atoms with Crippen LogP contribution in [0.4, 0.5) is 5.82 Å². The third kappa shape index (κ3) is 3.12. The van der Waals surface area contributed by atoms with Gasteiger partial charge < -0.3 is 15.5 Å². The lowest BCUT2D eigenvalue weighted by Crippen LogP contribution is -2.54. The summed E-state index contributed by atoms with van der Waals surface area (Å²) in [5.74, 6) is 0.887. The van der Waals surface area contributed by atoms with Crippen LogP contribution in [0.15, 0.2) is 36.8 Å². The first kappa shape index (κ1) is 16.4. The molecule has 1 aliphatic rings. The minimum atomic E-state index is -0.616. The van der Waals surface area contributed by atoms with E-state index in [0.717, 1.165) is 37.3 Å². The third-order valence-electron chi connectivity index (χ3n) is 4.53. The van der Waals surface area contributed by atoms with Crippen LogP contribution < -0.4 is 15.5 Å². The Labute approximate surface area is 142 Å². The quantitative estimate of drug-likeness (QED) is 0.847. The van der Waals surface area contributed by atoms with Crippen LogP contribution in [0.25, 0.3) is 0 Å². The van der Waals surface area contributed by atoms with Crippen LogP contribution in [0.2, 0.25) is 0 Å². The van der Waals surface area contributed by atoms with E-state index in [1.165, 1.54) is 0 Å². The molecule has 0 atom stereocenters. The van der Waals surface area contributed by atoms with Gasteiger partial charge in [-0.2, -0.15) is 5.10 Å². The Morgan fingerprint density at radius 1 is 1.33 bits per heavy atom. The standard InChI is InChI=1S/C17H24N6O/c1-22(2)15-14(5-3-8-19-15)13-20-16(24)17(6-10-18-11-7-17)23-12-4-9-21-23/h3-5,8-9,12,18H,6-7,10-11,13H2,1-2H3,(H,20,24). The van der Waals surface area contributed by atoms with E-state index in [1.54, 1.807) is 17.1 Å². The molecule has 3 heterocycles. The van der Waals surface area contributed by atoms with Gasteiger partial charge in [0.05, 0.1) is 0 Å². The number of nitrogens with zero attached hydrogens (tertiary/aromatic N) is 4. The van der Waals surface area contributed by atoms with Crippen molar-refractivity contribution >= 4 is 11.7 Å². The fourth-order valence-electron chi connectivity index (χ4n) is 3.23. The molecule has 0 spiro atoms. The minimum absolute atomic E-state index is 0.0151. The highest BCUT2D eigenvalue weighted by Gasteiger charge is 2.41. The Morgan fingerprint density at radius 3 is 2.79 bits per heavy atom. The molecule has 7 heteroatoms. The Hall–Kier alpha value is -2.41. The molecule has 2 aromatic rings. The molecule has 0 unspecified atom stereocenters. The second kappa shape index (κ2) is 7.00. The number of hydrogen-bond donors (Lipinski definition) is 2. The monoisotopic (exact) mass is 328 g/mol. The van der Waals surface area contributed by atoms with E-state index in [0.29, 0.717) is 6.54 Å². The largest absolute Gasteiger partial charge is 0.362 e. The van der Waals surface area contributed by atoms with Crippen molar-refractivity contribution in [3.05, 3.63) is 42.4 Å². The predicted octanol–water partition coefficient (Wildman–Crippen LogP) is 0.739. The maximum Gasteiger partial charge on any atom is 0.248 e. The van der Waals surface area contributed by atoms with Crippen molar-refractivity contribution in [3.8, 4) is 0 Å². The zero-order valence-electron chi connectivity index (χ0n) is 14.2. The van der Waals surface area contributed by atoms with Gasteiger partial charge in [-0.25, -0.2) is 4.98 Å². The molecule has 1 amide bonds. The second-order valence-corrected chi connectivity index (χ2v) is 6.30. The van der Waals surface area contributed by atoms with Crippen molar-refractivity contribution in [3.63, 3.8) is 0 Å².